The predicted molar refractivity (Wildman–Crippen MR) is 69.9 cm³/mol. The number of imidazole rings is 1. The van der Waals surface area contributed by atoms with E-state index in [1.54, 1.807) is 6.20 Å². The zero-order valence-corrected chi connectivity index (χ0v) is 11.0. The van der Waals surface area contributed by atoms with Crippen LogP contribution in [0.2, 0.25) is 0 Å². The smallest absolute Gasteiger partial charge is 0.0945 e. The van der Waals surface area contributed by atoms with Gasteiger partial charge in [-0.25, -0.2) is 4.98 Å². The van der Waals surface area contributed by atoms with Crippen LogP contribution in [0.4, 0.5) is 0 Å². The van der Waals surface area contributed by atoms with E-state index in [1.807, 2.05) is 12.5 Å². The second kappa shape index (κ2) is 7.45. The molecule has 2 N–H and O–H groups in total. The van der Waals surface area contributed by atoms with E-state index in [1.165, 1.54) is 0 Å². The Kier molecular flexibility index (Phi) is 6.22. The molecule has 0 bridgehead atoms. The van der Waals surface area contributed by atoms with E-state index in [-0.39, 0.29) is 12.1 Å². The van der Waals surface area contributed by atoms with Crippen LogP contribution < -0.4 is 5.32 Å². The Bertz CT molecular complexity index is 281. The van der Waals surface area contributed by atoms with Gasteiger partial charge in [-0.2, -0.15) is 0 Å². The highest BCUT2D eigenvalue weighted by atomic mass is 16.3. The number of aliphatic hydroxyl groups excluding tert-OH is 1. The van der Waals surface area contributed by atoms with Crippen molar-refractivity contribution in [3.63, 3.8) is 0 Å². The molecule has 0 radical (unpaired) electrons. The first-order valence-corrected chi connectivity index (χ1v) is 6.58. The van der Waals surface area contributed by atoms with E-state index in [0.29, 0.717) is 0 Å². The van der Waals surface area contributed by atoms with Crippen molar-refractivity contribution < 1.29 is 5.11 Å². The normalized spacial score (nSPS) is 14.8. The van der Waals surface area contributed by atoms with E-state index in [2.05, 4.69) is 28.7 Å². The molecule has 4 nitrogen and oxygen atoms in total. The highest BCUT2D eigenvalue weighted by molar-refractivity contribution is 4.86. The van der Waals surface area contributed by atoms with Gasteiger partial charge in [-0.1, -0.05) is 13.8 Å². The first-order valence-electron chi connectivity index (χ1n) is 6.58. The van der Waals surface area contributed by atoms with E-state index >= 15 is 0 Å². The molecule has 0 aliphatic heterocycles. The molecule has 0 saturated carbocycles. The molecule has 0 aromatic carbocycles. The third kappa shape index (κ3) is 4.48. The monoisotopic (exact) mass is 239 g/mol. The Labute approximate surface area is 104 Å². The molecule has 98 valence electrons. The highest BCUT2D eigenvalue weighted by Crippen LogP contribution is 2.17. The number of aryl methyl sites for hydroxylation is 1. The lowest BCUT2D eigenvalue weighted by molar-refractivity contribution is 0.143. The first kappa shape index (κ1) is 14.2. The topological polar surface area (TPSA) is 50.1 Å². The lowest BCUT2D eigenvalue weighted by Crippen LogP contribution is -2.48. The standard InChI is InChI=1S/C13H25N3O/c1-3-7-15-13(4-2,11-17)6-5-9-16-10-8-14-12-16/h8,10,12,15,17H,3-7,9,11H2,1-2H3. The lowest BCUT2D eigenvalue weighted by atomic mass is 9.91. The van der Waals surface area contributed by atoms with Crippen molar-refractivity contribution in [1.82, 2.24) is 14.9 Å². The van der Waals surface area contributed by atoms with Crippen molar-refractivity contribution in [2.24, 2.45) is 0 Å². The summed E-state index contributed by atoms with van der Waals surface area (Å²) in [6, 6.07) is 0. The summed E-state index contributed by atoms with van der Waals surface area (Å²) in [5.41, 5.74) is -0.101. The average molecular weight is 239 g/mol. The number of hydrogen-bond donors (Lipinski definition) is 2. The Morgan fingerprint density at radius 3 is 2.76 bits per heavy atom. The Balaban J connectivity index is 2.37. The molecule has 0 spiro atoms. The van der Waals surface area contributed by atoms with Crippen LogP contribution in [0.15, 0.2) is 18.7 Å². The minimum Gasteiger partial charge on any atom is -0.394 e. The van der Waals surface area contributed by atoms with E-state index in [4.69, 9.17) is 0 Å². The minimum absolute atomic E-state index is 0.101. The fourth-order valence-corrected chi connectivity index (χ4v) is 2.05. The van der Waals surface area contributed by atoms with Crippen molar-refractivity contribution in [2.75, 3.05) is 13.2 Å². The number of nitrogens with zero attached hydrogens (tertiary/aromatic N) is 2. The third-order valence-corrected chi connectivity index (χ3v) is 3.36. The minimum atomic E-state index is -0.101. The molecule has 1 unspecified atom stereocenters. The summed E-state index contributed by atoms with van der Waals surface area (Å²) >= 11 is 0. The molecule has 0 fully saturated rings. The quantitative estimate of drug-likeness (QED) is 0.691. The summed E-state index contributed by atoms with van der Waals surface area (Å²) in [7, 11) is 0. The van der Waals surface area contributed by atoms with Crippen LogP contribution in [0, 0.1) is 0 Å². The molecule has 1 aromatic heterocycles. The van der Waals surface area contributed by atoms with Gasteiger partial charge >= 0.3 is 0 Å². The summed E-state index contributed by atoms with van der Waals surface area (Å²) in [6.07, 6.45) is 9.74. The number of rotatable bonds is 9. The molecule has 0 aliphatic carbocycles. The van der Waals surface area contributed by atoms with Gasteiger partial charge in [-0.05, 0) is 32.2 Å². The van der Waals surface area contributed by atoms with E-state index in [9.17, 15) is 5.11 Å². The second-order valence-corrected chi connectivity index (χ2v) is 4.62. The molecule has 0 amide bonds. The number of aromatic nitrogens is 2. The Morgan fingerprint density at radius 2 is 2.24 bits per heavy atom. The molecule has 1 rings (SSSR count). The first-order chi connectivity index (χ1) is 8.26. The fraction of sp³-hybridized carbons (Fsp3) is 0.769. The van der Waals surface area contributed by atoms with Gasteiger partial charge in [-0.3, -0.25) is 0 Å². The van der Waals surface area contributed by atoms with E-state index in [0.717, 1.165) is 38.8 Å². The lowest BCUT2D eigenvalue weighted by Gasteiger charge is -2.32. The van der Waals surface area contributed by atoms with Crippen LogP contribution in [0.3, 0.4) is 0 Å². The van der Waals surface area contributed by atoms with Crippen LogP contribution in [0.1, 0.15) is 39.5 Å². The molecule has 4 heteroatoms. The van der Waals surface area contributed by atoms with Crippen molar-refractivity contribution in [3.8, 4) is 0 Å². The molecular weight excluding hydrogens is 214 g/mol. The summed E-state index contributed by atoms with van der Waals surface area (Å²) in [6.45, 7) is 6.44. The summed E-state index contributed by atoms with van der Waals surface area (Å²) < 4.78 is 2.08. The molecule has 0 saturated heterocycles. The Morgan fingerprint density at radius 1 is 1.41 bits per heavy atom. The summed E-state index contributed by atoms with van der Waals surface area (Å²) in [5.74, 6) is 0. The molecule has 0 aliphatic rings. The number of nitrogens with one attached hydrogen (secondary N) is 1. The van der Waals surface area contributed by atoms with Crippen molar-refractivity contribution in [3.05, 3.63) is 18.7 Å². The Hall–Kier alpha value is -0.870. The van der Waals surface area contributed by atoms with Crippen LogP contribution in [0.5, 0.6) is 0 Å². The van der Waals surface area contributed by atoms with Crippen LogP contribution in [-0.4, -0.2) is 33.3 Å². The van der Waals surface area contributed by atoms with Gasteiger partial charge in [0.1, 0.15) is 0 Å². The average Bonchev–Trinajstić information content (AvgIpc) is 2.87. The van der Waals surface area contributed by atoms with Crippen LogP contribution >= 0.6 is 0 Å². The van der Waals surface area contributed by atoms with Crippen molar-refractivity contribution in [2.45, 2.75) is 51.6 Å². The van der Waals surface area contributed by atoms with Gasteiger partial charge in [-0.15, -0.1) is 0 Å². The van der Waals surface area contributed by atoms with Gasteiger partial charge < -0.3 is 15.0 Å². The molecule has 1 atom stereocenters. The number of aliphatic hydroxyl groups is 1. The fourth-order valence-electron chi connectivity index (χ4n) is 2.05. The molecular formula is C13H25N3O. The predicted octanol–water partition coefficient (Wildman–Crippen LogP) is 1.80. The SMILES string of the molecule is CCCNC(CC)(CO)CCCn1ccnc1. The van der Waals surface area contributed by atoms with Gasteiger partial charge in [0.25, 0.3) is 0 Å². The maximum absolute atomic E-state index is 9.58. The summed E-state index contributed by atoms with van der Waals surface area (Å²) in [4.78, 5) is 4.03. The van der Waals surface area contributed by atoms with Crippen LogP contribution in [0.25, 0.3) is 0 Å². The van der Waals surface area contributed by atoms with E-state index < -0.39 is 0 Å². The zero-order chi connectivity index (χ0) is 12.6. The van der Waals surface area contributed by atoms with Gasteiger partial charge in [0, 0.05) is 24.5 Å². The highest BCUT2D eigenvalue weighted by Gasteiger charge is 2.25. The largest absolute Gasteiger partial charge is 0.394 e. The maximum Gasteiger partial charge on any atom is 0.0945 e. The van der Waals surface area contributed by atoms with Gasteiger partial charge in [0.2, 0.25) is 0 Å². The third-order valence-electron chi connectivity index (χ3n) is 3.36. The van der Waals surface area contributed by atoms with Crippen molar-refractivity contribution in [1.29, 1.82) is 0 Å². The second-order valence-electron chi connectivity index (χ2n) is 4.62. The molecule has 1 heterocycles. The van der Waals surface area contributed by atoms with Crippen LogP contribution in [-0.2, 0) is 6.54 Å². The molecule has 17 heavy (non-hydrogen) atoms. The maximum atomic E-state index is 9.58. The summed E-state index contributed by atoms with van der Waals surface area (Å²) in [5, 5.41) is 13.1. The molecule has 1 aromatic rings. The van der Waals surface area contributed by atoms with Gasteiger partial charge in [0.15, 0.2) is 0 Å². The zero-order valence-electron chi connectivity index (χ0n) is 11.0. The van der Waals surface area contributed by atoms with Crippen molar-refractivity contribution >= 4 is 0 Å². The number of hydrogen-bond acceptors (Lipinski definition) is 3. The van der Waals surface area contributed by atoms with Gasteiger partial charge in [0.05, 0.1) is 12.9 Å².